The molecule has 0 heterocycles. The average Bonchev–Trinajstić information content (AvgIpc) is 2.75. The van der Waals surface area contributed by atoms with Crippen molar-refractivity contribution < 1.29 is 46.7 Å². The molecular formula is C27H53NaO4S. The van der Waals surface area contributed by atoms with Crippen molar-refractivity contribution in [2.24, 2.45) is 5.92 Å². The van der Waals surface area contributed by atoms with E-state index >= 15 is 0 Å². The van der Waals surface area contributed by atoms with Crippen LogP contribution in [0.2, 0.25) is 0 Å². The Labute approximate surface area is 229 Å². The van der Waals surface area contributed by atoms with Gasteiger partial charge < -0.3 is 4.55 Å². The second-order valence-electron chi connectivity index (χ2n) is 9.47. The Kier molecular flexibility index (Phi) is 29.5. The molecule has 4 nitrogen and oxygen atoms in total. The summed E-state index contributed by atoms with van der Waals surface area (Å²) >= 11 is 0. The van der Waals surface area contributed by atoms with Gasteiger partial charge >= 0.3 is 29.6 Å². The van der Waals surface area contributed by atoms with Crippen molar-refractivity contribution >= 4 is 10.4 Å². The van der Waals surface area contributed by atoms with Crippen LogP contribution < -0.4 is 29.6 Å². The van der Waals surface area contributed by atoms with Gasteiger partial charge in [0.25, 0.3) is 0 Å². The van der Waals surface area contributed by atoms with Crippen molar-refractivity contribution in [1.82, 2.24) is 0 Å². The molecule has 1 unspecified atom stereocenters. The van der Waals surface area contributed by atoms with Crippen LogP contribution in [0.25, 0.3) is 0 Å². The smallest absolute Gasteiger partial charge is 0.726 e. The minimum atomic E-state index is -4.61. The van der Waals surface area contributed by atoms with E-state index in [0.717, 1.165) is 25.7 Å². The van der Waals surface area contributed by atoms with E-state index in [-0.39, 0.29) is 42.1 Å². The molecule has 0 saturated carbocycles. The molecule has 1 atom stereocenters. The fraction of sp³-hybridized carbons (Fsp3) is 0.926. The minimum absolute atomic E-state index is 0. The number of rotatable bonds is 25. The third-order valence-corrected chi connectivity index (χ3v) is 6.66. The fourth-order valence-electron chi connectivity index (χ4n) is 4.16. The zero-order chi connectivity index (χ0) is 23.8. The number of hydrogen-bond donors (Lipinski definition) is 0. The molecule has 33 heavy (non-hydrogen) atoms. The van der Waals surface area contributed by atoms with Crippen LogP contribution in [0.5, 0.6) is 0 Å². The Hall–Kier alpha value is 0.610. The van der Waals surface area contributed by atoms with Gasteiger partial charge in [0.15, 0.2) is 0 Å². The molecule has 0 aromatic rings. The third-order valence-electron chi connectivity index (χ3n) is 6.24. The van der Waals surface area contributed by atoms with Gasteiger partial charge in [0, 0.05) is 5.92 Å². The molecule has 0 bridgehead atoms. The largest absolute Gasteiger partial charge is 1.00 e. The Morgan fingerprint density at radius 1 is 0.667 bits per heavy atom. The summed E-state index contributed by atoms with van der Waals surface area (Å²) in [5.41, 5.74) is 0. The summed E-state index contributed by atoms with van der Waals surface area (Å²) in [5.74, 6) is 0.0201. The van der Waals surface area contributed by atoms with Crippen LogP contribution in [-0.4, -0.2) is 19.6 Å². The molecular weight excluding hydrogens is 443 g/mol. The normalized spacial score (nSPS) is 12.8. The molecule has 0 N–H and O–H groups in total. The summed E-state index contributed by atoms with van der Waals surface area (Å²) in [6.45, 7) is 4.47. The molecule has 0 saturated heterocycles. The number of allylic oxidation sites excluding steroid dienone is 1. The summed E-state index contributed by atoms with van der Waals surface area (Å²) in [6, 6.07) is 0. The zero-order valence-corrected chi connectivity index (χ0v) is 25.1. The minimum Gasteiger partial charge on any atom is -0.726 e. The van der Waals surface area contributed by atoms with Crippen LogP contribution in [0.1, 0.15) is 149 Å². The Balaban J connectivity index is 0. The summed E-state index contributed by atoms with van der Waals surface area (Å²) in [7, 11) is -4.61. The van der Waals surface area contributed by atoms with E-state index in [2.05, 4.69) is 30.2 Å². The van der Waals surface area contributed by atoms with Crippen LogP contribution in [0.4, 0.5) is 0 Å². The van der Waals surface area contributed by atoms with Crippen molar-refractivity contribution in [3.05, 3.63) is 12.2 Å². The number of unbranched alkanes of at least 4 members (excludes halogenated alkanes) is 18. The SMILES string of the molecule is CCCCCCCCCCCCCC/C=C/C(CCCCCCCCC)COS(=O)(=O)[O-].[Na+]. The van der Waals surface area contributed by atoms with Crippen LogP contribution >= 0.6 is 0 Å². The van der Waals surface area contributed by atoms with Gasteiger partial charge in [-0.1, -0.05) is 142 Å². The molecule has 0 fully saturated rings. The maximum atomic E-state index is 10.8. The molecule has 0 rings (SSSR count). The molecule has 0 aliphatic carbocycles. The van der Waals surface area contributed by atoms with Crippen LogP contribution in [-0.2, 0) is 14.6 Å². The molecule has 0 amide bonds. The molecule has 6 heteroatoms. The van der Waals surface area contributed by atoms with Gasteiger partial charge in [-0.25, -0.2) is 8.42 Å². The standard InChI is InChI=1S/C27H54O4S.Na/c1-3-5-7-9-11-12-13-14-15-16-17-19-21-23-25-27(26-31-32(28,29)30)24-22-20-18-10-8-6-4-2;/h23,25,27H,3-22,24,26H2,1-2H3,(H,28,29,30);/q;+1/p-1/b25-23+;. The van der Waals surface area contributed by atoms with E-state index in [1.807, 2.05) is 0 Å². The molecule has 0 aromatic carbocycles. The first kappa shape index (κ1) is 35.8. The van der Waals surface area contributed by atoms with Gasteiger partial charge in [0.1, 0.15) is 0 Å². The molecule has 0 aromatic heterocycles. The van der Waals surface area contributed by atoms with E-state index in [1.54, 1.807) is 0 Å². The Morgan fingerprint density at radius 2 is 1.06 bits per heavy atom. The van der Waals surface area contributed by atoms with Crippen LogP contribution in [0.3, 0.4) is 0 Å². The van der Waals surface area contributed by atoms with Crippen molar-refractivity contribution in [3.8, 4) is 0 Å². The molecule has 0 radical (unpaired) electrons. The van der Waals surface area contributed by atoms with E-state index in [4.69, 9.17) is 0 Å². The maximum absolute atomic E-state index is 10.8. The fourth-order valence-corrected chi connectivity index (χ4v) is 4.50. The summed E-state index contributed by atoms with van der Waals surface area (Å²) in [6.07, 6.45) is 30.9. The zero-order valence-electron chi connectivity index (χ0n) is 22.3. The summed E-state index contributed by atoms with van der Waals surface area (Å²) < 4.78 is 37.0. The van der Waals surface area contributed by atoms with E-state index in [1.165, 1.54) is 109 Å². The van der Waals surface area contributed by atoms with Crippen molar-refractivity contribution in [1.29, 1.82) is 0 Å². The second kappa shape index (κ2) is 27.2. The molecule has 0 aliphatic rings. The average molecular weight is 497 g/mol. The van der Waals surface area contributed by atoms with E-state index in [0.29, 0.717) is 0 Å². The van der Waals surface area contributed by atoms with Gasteiger partial charge in [-0.2, -0.15) is 0 Å². The van der Waals surface area contributed by atoms with E-state index in [9.17, 15) is 13.0 Å². The first-order valence-corrected chi connectivity index (χ1v) is 15.1. The summed E-state index contributed by atoms with van der Waals surface area (Å²) in [5, 5.41) is 0. The van der Waals surface area contributed by atoms with Crippen LogP contribution in [0, 0.1) is 5.92 Å². The molecule has 192 valence electrons. The Bertz CT molecular complexity index is 508. The maximum Gasteiger partial charge on any atom is 1.00 e. The predicted octanol–water partition coefficient (Wildman–Crippen LogP) is 5.87. The molecule has 0 spiro atoms. The van der Waals surface area contributed by atoms with Gasteiger partial charge in [0.05, 0.1) is 6.61 Å². The quantitative estimate of drug-likeness (QED) is 0.0521. The number of hydrogen-bond acceptors (Lipinski definition) is 4. The van der Waals surface area contributed by atoms with Gasteiger partial charge in [-0.3, -0.25) is 4.18 Å². The predicted molar refractivity (Wildman–Crippen MR) is 137 cm³/mol. The van der Waals surface area contributed by atoms with Gasteiger partial charge in [-0.05, 0) is 19.3 Å². The van der Waals surface area contributed by atoms with Crippen molar-refractivity contribution in [2.45, 2.75) is 149 Å². The first-order valence-electron chi connectivity index (χ1n) is 13.8. The summed E-state index contributed by atoms with van der Waals surface area (Å²) in [4.78, 5) is 0. The van der Waals surface area contributed by atoms with Gasteiger partial charge in [0.2, 0.25) is 10.4 Å². The van der Waals surface area contributed by atoms with Crippen molar-refractivity contribution in [2.75, 3.05) is 6.61 Å². The first-order chi connectivity index (χ1) is 15.5. The monoisotopic (exact) mass is 496 g/mol. The van der Waals surface area contributed by atoms with Crippen LogP contribution in [0.15, 0.2) is 12.2 Å². The third kappa shape index (κ3) is 30.6. The molecule has 0 aliphatic heterocycles. The topological polar surface area (TPSA) is 66.4 Å². The Morgan fingerprint density at radius 3 is 1.48 bits per heavy atom. The second-order valence-corrected chi connectivity index (χ2v) is 10.5. The van der Waals surface area contributed by atoms with Gasteiger partial charge in [-0.15, -0.1) is 0 Å². The van der Waals surface area contributed by atoms with E-state index < -0.39 is 10.4 Å². The van der Waals surface area contributed by atoms with Crippen molar-refractivity contribution in [3.63, 3.8) is 0 Å².